The Bertz CT molecular complexity index is 357. The highest BCUT2D eigenvalue weighted by Crippen LogP contribution is 2.27. The van der Waals surface area contributed by atoms with Crippen LogP contribution in [0, 0.1) is 0 Å². The third-order valence-electron chi connectivity index (χ3n) is 1.40. The molecule has 13 heavy (non-hydrogen) atoms. The molecule has 0 aliphatic carbocycles. The molecule has 0 fully saturated rings. The molecule has 3 nitrogen and oxygen atoms in total. The number of nitrogens with one attached hydrogen (secondary N) is 1. The third-order valence-corrected chi connectivity index (χ3v) is 3.07. The number of hydrogen-bond donors (Lipinski definition) is 2. The third kappa shape index (κ3) is 2.28. The van der Waals surface area contributed by atoms with Crippen LogP contribution in [-0.4, -0.2) is 4.98 Å². The van der Waals surface area contributed by atoms with Gasteiger partial charge in [-0.3, -0.25) is 5.43 Å². The summed E-state index contributed by atoms with van der Waals surface area (Å²) in [6.45, 7) is 0. The Morgan fingerprint density at radius 2 is 2.23 bits per heavy atom. The summed E-state index contributed by atoms with van der Waals surface area (Å²) >= 11 is 3.18. The van der Waals surface area contributed by atoms with Crippen molar-refractivity contribution in [2.75, 3.05) is 5.43 Å². The lowest BCUT2D eigenvalue weighted by Crippen LogP contribution is -2.05. The monoisotopic (exact) mass is 277 g/mol. The van der Waals surface area contributed by atoms with Crippen LogP contribution < -0.4 is 11.3 Å². The first kappa shape index (κ1) is 10.6. The van der Waals surface area contributed by atoms with E-state index >= 15 is 0 Å². The second-order valence-electron chi connectivity index (χ2n) is 2.16. The van der Waals surface area contributed by atoms with Gasteiger partial charge < -0.3 is 0 Å². The molecule has 2 aromatic heterocycles. The van der Waals surface area contributed by atoms with E-state index in [1.54, 1.807) is 11.3 Å². The van der Waals surface area contributed by atoms with Crippen LogP contribution in [0.4, 0.5) is 5.13 Å². The Morgan fingerprint density at radius 3 is 2.77 bits per heavy atom. The minimum Gasteiger partial charge on any atom is -0.300 e. The maximum Gasteiger partial charge on any atom is 0.197 e. The van der Waals surface area contributed by atoms with Crippen molar-refractivity contribution in [2.24, 2.45) is 5.84 Å². The Labute approximate surface area is 94.4 Å². The zero-order valence-electron chi connectivity index (χ0n) is 6.56. The molecule has 0 aliphatic rings. The summed E-state index contributed by atoms with van der Waals surface area (Å²) in [6.07, 6.45) is 0. The number of thiophene rings is 1. The Morgan fingerprint density at radius 1 is 1.38 bits per heavy atom. The van der Waals surface area contributed by atoms with Crippen molar-refractivity contribution in [2.45, 2.75) is 0 Å². The lowest BCUT2D eigenvalue weighted by atomic mass is 10.4. The number of thiazole rings is 1. The number of rotatable bonds is 2. The van der Waals surface area contributed by atoms with Crippen molar-refractivity contribution < 1.29 is 0 Å². The molecule has 0 amide bonds. The molecule has 0 aromatic carbocycles. The van der Waals surface area contributed by atoms with E-state index in [-0.39, 0.29) is 17.0 Å². The van der Waals surface area contributed by atoms with Crippen LogP contribution in [0.15, 0.2) is 22.9 Å². The number of anilines is 1. The van der Waals surface area contributed by atoms with E-state index in [1.807, 2.05) is 22.9 Å². The predicted octanol–water partition coefficient (Wildman–Crippen LogP) is 2.74. The van der Waals surface area contributed by atoms with Gasteiger partial charge in [0.05, 0.1) is 10.6 Å². The van der Waals surface area contributed by atoms with Crippen LogP contribution in [0.25, 0.3) is 10.6 Å². The molecule has 2 aromatic rings. The summed E-state index contributed by atoms with van der Waals surface area (Å²) in [5.41, 5.74) is 3.51. The van der Waals surface area contributed by atoms with Crippen LogP contribution in [0.3, 0.4) is 0 Å². The van der Waals surface area contributed by atoms with Crippen molar-refractivity contribution in [3.05, 3.63) is 22.9 Å². The van der Waals surface area contributed by atoms with E-state index in [0.29, 0.717) is 0 Å². The van der Waals surface area contributed by atoms with Gasteiger partial charge in [0.1, 0.15) is 0 Å². The first-order valence-electron chi connectivity index (χ1n) is 3.36. The van der Waals surface area contributed by atoms with Gasteiger partial charge in [-0.25, -0.2) is 10.8 Å². The van der Waals surface area contributed by atoms with Gasteiger partial charge in [0, 0.05) is 5.38 Å². The van der Waals surface area contributed by atoms with Gasteiger partial charge in [0.2, 0.25) is 0 Å². The minimum atomic E-state index is 0. The number of nitrogens with two attached hydrogens (primary N) is 1. The van der Waals surface area contributed by atoms with Crippen molar-refractivity contribution >= 4 is 44.8 Å². The van der Waals surface area contributed by atoms with Gasteiger partial charge >= 0.3 is 0 Å². The number of nitrogen functional groups attached to an aromatic ring is 1. The van der Waals surface area contributed by atoms with E-state index in [2.05, 4.69) is 10.4 Å². The highest BCUT2D eigenvalue weighted by atomic mass is 79.9. The number of hydrogen-bond acceptors (Lipinski definition) is 5. The Balaban J connectivity index is 0.000000845. The Hall–Kier alpha value is -0.430. The maximum atomic E-state index is 5.22. The Kier molecular flexibility index (Phi) is 3.86. The lowest BCUT2D eigenvalue weighted by Gasteiger charge is -1.88. The lowest BCUT2D eigenvalue weighted by molar-refractivity contribution is 1.29. The SMILES string of the molecule is Br.NNc1nc(-c2cccs2)cs1. The summed E-state index contributed by atoms with van der Waals surface area (Å²) in [7, 11) is 0. The van der Waals surface area contributed by atoms with Crippen molar-refractivity contribution in [1.29, 1.82) is 0 Å². The normalized spacial score (nSPS) is 9.31. The molecule has 3 N–H and O–H groups in total. The van der Waals surface area contributed by atoms with Gasteiger partial charge in [-0.1, -0.05) is 6.07 Å². The second kappa shape index (κ2) is 4.71. The zero-order chi connectivity index (χ0) is 8.39. The molecule has 0 aliphatic heterocycles. The van der Waals surface area contributed by atoms with Crippen LogP contribution in [-0.2, 0) is 0 Å². The highest BCUT2D eigenvalue weighted by molar-refractivity contribution is 8.93. The average molecular weight is 278 g/mol. The van der Waals surface area contributed by atoms with Crippen molar-refractivity contribution in [1.82, 2.24) is 4.98 Å². The van der Waals surface area contributed by atoms with E-state index in [1.165, 1.54) is 16.2 Å². The highest BCUT2D eigenvalue weighted by Gasteiger charge is 2.02. The van der Waals surface area contributed by atoms with Crippen molar-refractivity contribution in [3.8, 4) is 10.6 Å². The van der Waals surface area contributed by atoms with Gasteiger partial charge in [0.15, 0.2) is 5.13 Å². The molecule has 2 heterocycles. The molecule has 0 saturated carbocycles. The first-order valence-corrected chi connectivity index (χ1v) is 5.12. The van der Waals surface area contributed by atoms with Crippen LogP contribution in [0.1, 0.15) is 0 Å². The van der Waals surface area contributed by atoms with E-state index < -0.39 is 0 Å². The fourth-order valence-corrected chi connectivity index (χ4v) is 2.26. The minimum absolute atomic E-state index is 0. The maximum absolute atomic E-state index is 5.22. The molecule has 70 valence electrons. The second-order valence-corrected chi connectivity index (χ2v) is 3.97. The molecule has 0 saturated heterocycles. The molecule has 0 bridgehead atoms. The zero-order valence-corrected chi connectivity index (χ0v) is 9.90. The summed E-state index contributed by atoms with van der Waals surface area (Å²) in [4.78, 5) is 5.44. The summed E-state index contributed by atoms with van der Waals surface area (Å²) in [6, 6.07) is 4.05. The van der Waals surface area contributed by atoms with Crippen LogP contribution in [0.2, 0.25) is 0 Å². The van der Waals surface area contributed by atoms with Gasteiger partial charge in [-0.05, 0) is 11.4 Å². The van der Waals surface area contributed by atoms with Gasteiger partial charge in [-0.2, -0.15) is 0 Å². The number of nitrogens with zero attached hydrogens (tertiary/aromatic N) is 1. The smallest absolute Gasteiger partial charge is 0.197 e. The van der Waals surface area contributed by atoms with E-state index in [9.17, 15) is 0 Å². The van der Waals surface area contributed by atoms with Crippen LogP contribution in [0.5, 0.6) is 0 Å². The average Bonchev–Trinajstić information content (AvgIpc) is 2.75. The molecular formula is C7H8BrN3S2. The van der Waals surface area contributed by atoms with Crippen LogP contribution >= 0.6 is 39.7 Å². The number of hydrazine groups is 1. The van der Waals surface area contributed by atoms with Crippen molar-refractivity contribution in [3.63, 3.8) is 0 Å². The van der Waals surface area contributed by atoms with E-state index in [4.69, 9.17) is 5.84 Å². The molecule has 0 atom stereocenters. The first-order chi connectivity index (χ1) is 5.90. The number of halogens is 1. The summed E-state index contributed by atoms with van der Waals surface area (Å²) < 4.78 is 0. The number of aromatic nitrogens is 1. The van der Waals surface area contributed by atoms with E-state index in [0.717, 1.165) is 10.8 Å². The standard InChI is InChI=1S/C7H7N3S2.BrH/c8-10-7-9-5(4-12-7)6-2-1-3-11-6;/h1-4H,8H2,(H,9,10);1H. The largest absolute Gasteiger partial charge is 0.300 e. The quantitative estimate of drug-likeness (QED) is 0.656. The molecular weight excluding hydrogens is 270 g/mol. The summed E-state index contributed by atoms with van der Waals surface area (Å²) in [5, 5.41) is 4.77. The molecule has 6 heteroatoms. The molecule has 0 radical (unpaired) electrons. The fourth-order valence-electron chi connectivity index (χ4n) is 0.878. The molecule has 0 unspecified atom stereocenters. The fraction of sp³-hybridized carbons (Fsp3) is 0. The van der Waals surface area contributed by atoms with Gasteiger partial charge in [-0.15, -0.1) is 39.7 Å². The predicted molar refractivity (Wildman–Crippen MR) is 63.6 cm³/mol. The molecule has 2 rings (SSSR count). The molecule has 0 spiro atoms. The topological polar surface area (TPSA) is 50.9 Å². The van der Waals surface area contributed by atoms with Gasteiger partial charge in [0.25, 0.3) is 0 Å². The summed E-state index contributed by atoms with van der Waals surface area (Å²) in [5.74, 6) is 5.22.